The number of carbonyl (C=O) groups is 2. The third-order valence-corrected chi connectivity index (χ3v) is 2.56. The standard InChI is InChI=1S/C10H14N4O2/c15-9-2-1-8(13-9)10(16)11-5-3-7-4-6-12-14-7/h4,6,8H,1-3,5H2,(H,11,16)(H,12,14)(H,13,15). The molecule has 1 aromatic rings. The lowest BCUT2D eigenvalue weighted by Crippen LogP contribution is -2.42. The molecule has 0 radical (unpaired) electrons. The predicted molar refractivity (Wildman–Crippen MR) is 56.5 cm³/mol. The van der Waals surface area contributed by atoms with E-state index in [-0.39, 0.29) is 17.9 Å². The Kier molecular flexibility index (Phi) is 3.19. The van der Waals surface area contributed by atoms with Gasteiger partial charge in [-0.15, -0.1) is 0 Å². The average Bonchev–Trinajstić information content (AvgIpc) is 2.89. The van der Waals surface area contributed by atoms with E-state index in [2.05, 4.69) is 20.8 Å². The quantitative estimate of drug-likeness (QED) is 0.632. The summed E-state index contributed by atoms with van der Waals surface area (Å²) in [6.07, 6.45) is 3.42. The number of amides is 2. The molecule has 1 unspecified atom stereocenters. The molecule has 1 saturated heterocycles. The summed E-state index contributed by atoms with van der Waals surface area (Å²) in [5.41, 5.74) is 0.982. The fourth-order valence-corrected chi connectivity index (χ4v) is 1.68. The molecule has 1 atom stereocenters. The van der Waals surface area contributed by atoms with Gasteiger partial charge in [-0.1, -0.05) is 0 Å². The molecule has 0 aromatic carbocycles. The number of aromatic nitrogens is 2. The molecule has 2 heterocycles. The lowest BCUT2D eigenvalue weighted by Gasteiger charge is -2.10. The second-order valence-corrected chi connectivity index (χ2v) is 3.78. The predicted octanol–water partition coefficient (Wildman–Crippen LogP) is -0.653. The van der Waals surface area contributed by atoms with Crippen LogP contribution in [-0.4, -0.2) is 34.6 Å². The summed E-state index contributed by atoms with van der Waals surface area (Å²) in [5, 5.41) is 12.0. The lowest BCUT2D eigenvalue weighted by atomic mass is 10.2. The molecule has 6 heteroatoms. The maximum Gasteiger partial charge on any atom is 0.242 e. The minimum atomic E-state index is -0.353. The van der Waals surface area contributed by atoms with Crippen LogP contribution in [0.15, 0.2) is 12.3 Å². The molecule has 1 aliphatic rings. The van der Waals surface area contributed by atoms with Gasteiger partial charge in [0.05, 0.1) is 0 Å². The molecule has 0 saturated carbocycles. The first-order chi connectivity index (χ1) is 7.75. The SMILES string of the molecule is O=C1CCC(C(=O)NCCc2ccn[nH]2)N1. The summed E-state index contributed by atoms with van der Waals surface area (Å²) < 4.78 is 0. The highest BCUT2D eigenvalue weighted by atomic mass is 16.2. The van der Waals surface area contributed by atoms with Gasteiger partial charge < -0.3 is 10.6 Å². The molecule has 86 valence electrons. The van der Waals surface area contributed by atoms with Crippen LogP contribution in [0.3, 0.4) is 0 Å². The van der Waals surface area contributed by atoms with Gasteiger partial charge in [-0.2, -0.15) is 5.10 Å². The normalized spacial score (nSPS) is 19.5. The van der Waals surface area contributed by atoms with E-state index in [9.17, 15) is 9.59 Å². The molecular formula is C10H14N4O2. The van der Waals surface area contributed by atoms with E-state index in [0.29, 0.717) is 25.8 Å². The third-order valence-electron chi connectivity index (χ3n) is 2.56. The van der Waals surface area contributed by atoms with Crippen LogP contribution >= 0.6 is 0 Å². The van der Waals surface area contributed by atoms with E-state index >= 15 is 0 Å². The van der Waals surface area contributed by atoms with Gasteiger partial charge in [0.1, 0.15) is 6.04 Å². The number of carbonyl (C=O) groups excluding carboxylic acids is 2. The van der Waals surface area contributed by atoms with Crippen LogP contribution in [0.1, 0.15) is 18.5 Å². The van der Waals surface area contributed by atoms with Crippen molar-refractivity contribution in [3.8, 4) is 0 Å². The van der Waals surface area contributed by atoms with Gasteiger partial charge in [0.15, 0.2) is 0 Å². The molecule has 0 spiro atoms. The fraction of sp³-hybridized carbons (Fsp3) is 0.500. The van der Waals surface area contributed by atoms with Crippen molar-refractivity contribution in [3.63, 3.8) is 0 Å². The number of H-pyrrole nitrogens is 1. The fourth-order valence-electron chi connectivity index (χ4n) is 1.68. The van der Waals surface area contributed by atoms with Crippen molar-refractivity contribution in [1.82, 2.24) is 20.8 Å². The highest BCUT2D eigenvalue weighted by Gasteiger charge is 2.26. The summed E-state index contributed by atoms with van der Waals surface area (Å²) in [5.74, 6) is -0.154. The number of aromatic amines is 1. The highest BCUT2D eigenvalue weighted by Crippen LogP contribution is 2.06. The summed E-state index contributed by atoms with van der Waals surface area (Å²) in [4.78, 5) is 22.5. The van der Waals surface area contributed by atoms with Crippen molar-refractivity contribution in [2.75, 3.05) is 6.54 Å². The average molecular weight is 222 g/mol. The van der Waals surface area contributed by atoms with E-state index in [4.69, 9.17) is 0 Å². The maximum atomic E-state index is 11.6. The topological polar surface area (TPSA) is 86.9 Å². The Labute approximate surface area is 92.8 Å². The molecule has 1 aromatic heterocycles. The second kappa shape index (κ2) is 4.78. The monoisotopic (exact) mass is 222 g/mol. The van der Waals surface area contributed by atoms with E-state index in [1.54, 1.807) is 6.20 Å². The van der Waals surface area contributed by atoms with Crippen molar-refractivity contribution < 1.29 is 9.59 Å². The van der Waals surface area contributed by atoms with E-state index in [1.165, 1.54) is 0 Å². The van der Waals surface area contributed by atoms with Gasteiger partial charge in [-0.05, 0) is 12.5 Å². The van der Waals surface area contributed by atoms with Gasteiger partial charge in [0.25, 0.3) is 0 Å². The van der Waals surface area contributed by atoms with Crippen LogP contribution in [0.25, 0.3) is 0 Å². The lowest BCUT2D eigenvalue weighted by molar-refractivity contribution is -0.125. The summed E-state index contributed by atoms with van der Waals surface area (Å²) >= 11 is 0. The van der Waals surface area contributed by atoms with Crippen LogP contribution in [0.2, 0.25) is 0 Å². The number of rotatable bonds is 4. The third kappa shape index (κ3) is 2.59. The van der Waals surface area contributed by atoms with Gasteiger partial charge in [-0.3, -0.25) is 14.7 Å². The molecule has 1 fully saturated rings. The van der Waals surface area contributed by atoms with Crippen LogP contribution in [0, 0.1) is 0 Å². The van der Waals surface area contributed by atoms with Crippen LogP contribution < -0.4 is 10.6 Å². The van der Waals surface area contributed by atoms with Gasteiger partial charge in [0.2, 0.25) is 11.8 Å². The molecule has 0 aliphatic carbocycles. The van der Waals surface area contributed by atoms with Crippen LogP contribution in [0.5, 0.6) is 0 Å². The maximum absolute atomic E-state index is 11.6. The number of nitrogens with one attached hydrogen (secondary N) is 3. The van der Waals surface area contributed by atoms with Gasteiger partial charge >= 0.3 is 0 Å². The zero-order chi connectivity index (χ0) is 11.4. The van der Waals surface area contributed by atoms with Gasteiger partial charge in [0, 0.05) is 31.3 Å². The Hall–Kier alpha value is -1.85. The largest absolute Gasteiger partial charge is 0.354 e. The number of hydrogen-bond acceptors (Lipinski definition) is 3. The van der Waals surface area contributed by atoms with E-state index in [1.807, 2.05) is 6.07 Å². The molecule has 2 rings (SSSR count). The summed E-state index contributed by atoms with van der Waals surface area (Å²) in [6, 6.07) is 1.51. The van der Waals surface area contributed by atoms with Gasteiger partial charge in [-0.25, -0.2) is 0 Å². The number of nitrogens with zero attached hydrogens (tertiary/aromatic N) is 1. The first-order valence-electron chi connectivity index (χ1n) is 5.31. The van der Waals surface area contributed by atoms with Crippen molar-refractivity contribution in [1.29, 1.82) is 0 Å². The van der Waals surface area contributed by atoms with E-state index in [0.717, 1.165) is 5.69 Å². The Morgan fingerprint density at radius 3 is 3.12 bits per heavy atom. The molecule has 16 heavy (non-hydrogen) atoms. The van der Waals surface area contributed by atoms with Crippen molar-refractivity contribution in [3.05, 3.63) is 18.0 Å². The Morgan fingerprint density at radius 2 is 2.50 bits per heavy atom. The first kappa shape index (κ1) is 10.7. The second-order valence-electron chi connectivity index (χ2n) is 3.78. The Morgan fingerprint density at radius 1 is 1.62 bits per heavy atom. The molecular weight excluding hydrogens is 208 g/mol. The van der Waals surface area contributed by atoms with Crippen molar-refractivity contribution in [2.45, 2.75) is 25.3 Å². The Bertz CT molecular complexity index is 374. The zero-order valence-corrected chi connectivity index (χ0v) is 8.82. The molecule has 1 aliphatic heterocycles. The van der Waals surface area contributed by atoms with Crippen molar-refractivity contribution in [2.24, 2.45) is 0 Å². The smallest absolute Gasteiger partial charge is 0.242 e. The molecule has 0 bridgehead atoms. The molecule has 6 nitrogen and oxygen atoms in total. The summed E-state index contributed by atoms with van der Waals surface area (Å²) in [6.45, 7) is 0.549. The minimum absolute atomic E-state index is 0.0475. The highest BCUT2D eigenvalue weighted by molar-refractivity contribution is 5.90. The van der Waals surface area contributed by atoms with Crippen LogP contribution in [-0.2, 0) is 16.0 Å². The summed E-state index contributed by atoms with van der Waals surface area (Å²) in [7, 11) is 0. The first-order valence-corrected chi connectivity index (χ1v) is 5.31. The van der Waals surface area contributed by atoms with E-state index < -0.39 is 0 Å². The Balaban J connectivity index is 1.70. The molecule has 3 N–H and O–H groups in total. The zero-order valence-electron chi connectivity index (χ0n) is 8.82. The number of hydrogen-bond donors (Lipinski definition) is 3. The van der Waals surface area contributed by atoms with Crippen molar-refractivity contribution >= 4 is 11.8 Å². The van der Waals surface area contributed by atoms with Crippen LogP contribution in [0.4, 0.5) is 0 Å². The molecule has 2 amide bonds. The minimum Gasteiger partial charge on any atom is -0.354 e.